The number of nitrogens with one attached hydrogen (secondary N) is 2. The van der Waals surface area contributed by atoms with Gasteiger partial charge in [-0.25, -0.2) is 19.2 Å². The molecule has 138 valence electrons. The van der Waals surface area contributed by atoms with E-state index in [0.717, 1.165) is 5.56 Å². The number of urea groups is 1. The molecule has 0 atom stereocenters. The minimum atomic E-state index is -0.375. The molecular formula is C19H17FN4O3. The highest BCUT2D eigenvalue weighted by molar-refractivity contribution is 5.88. The van der Waals surface area contributed by atoms with Crippen LogP contribution >= 0.6 is 0 Å². The van der Waals surface area contributed by atoms with Gasteiger partial charge in [0.1, 0.15) is 11.6 Å². The predicted molar refractivity (Wildman–Crippen MR) is 97.4 cm³/mol. The molecule has 3 aromatic rings. The Morgan fingerprint density at radius 1 is 1.07 bits per heavy atom. The highest BCUT2D eigenvalue weighted by Gasteiger charge is 2.05. The van der Waals surface area contributed by atoms with Gasteiger partial charge >= 0.3 is 6.03 Å². The van der Waals surface area contributed by atoms with E-state index in [1.807, 2.05) is 0 Å². The average molecular weight is 368 g/mol. The summed E-state index contributed by atoms with van der Waals surface area (Å²) in [6.45, 7) is 0.323. The van der Waals surface area contributed by atoms with Crippen molar-refractivity contribution in [2.45, 2.75) is 6.54 Å². The van der Waals surface area contributed by atoms with Crippen LogP contribution in [-0.2, 0) is 6.54 Å². The van der Waals surface area contributed by atoms with Crippen molar-refractivity contribution in [3.05, 3.63) is 72.3 Å². The van der Waals surface area contributed by atoms with Crippen LogP contribution in [0.3, 0.4) is 0 Å². The Labute approximate surface area is 155 Å². The Morgan fingerprint density at radius 3 is 2.59 bits per heavy atom. The van der Waals surface area contributed by atoms with Gasteiger partial charge in [0.05, 0.1) is 19.0 Å². The Kier molecular flexibility index (Phi) is 5.78. The van der Waals surface area contributed by atoms with E-state index in [4.69, 9.17) is 9.47 Å². The van der Waals surface area contributed by atoms with Crippen LogP contribution in [0.15, 0.2) is 60.9 Å². The molecule has 0 aliphatic carbocycles. The van der Waals surface area contributed by atoms with Crippen LogP contribution < -0.4 is 20.1 Å². The fourth-order valence-corrected chi connectivity index (χ4v) is 2.17. The normalized spacial score (nSPS) is 10.1. The number of aromatic nitrogens is 2. The van der Waals surface area contributed by atoms with E-state index in [1.54, 1.807) is 30.5 Å². The standard InChI is InChI=1S/C19H17FN4O3/c1-26-18-10-13(8-9-21-18)11-23-19(25)24-15-4-7-17(22-12-15)27-16-5-2-14(20)3-6-16/h2-10,12H,11H2,1H3,(H2,23,24,25). The highest BCUT2D eigenvalue weighted by atomic mass is 19.1. The molecule has 0 radical (unpaired) electrons. The zero-order valence-electron chi connectivity index (χ0n) is 14.5. The van der Waals surface area contributed by atoms with Gasteiger partial charge in [0.25, 0.3) is 0 Å². The predicted octanol–water partition coefficient (Wildman–Crippen LogP) is 3.74. The number of hydrogen-bond acceptors (Lipinski definition) is 5. The van der Waals surface area contributed by atoms with Gasteiger partial charge in [0, 0.05) is 24.9 Å². The molecule has 0 aliphatic rings. The summed E-state index contributed by atoms with van der Waals surface area (Å²) in [6, 6.07) is 12.0. The third kappa shape index (κ3) is 5.40. The largest absolute Gasteiger partial charge is 0.481 e. The topological polar surface area (TPSA) is 85.4 Å². The Balaban J connectivity index is 1.51. The van der Waals surface area contributed by atoms with Crippen LogP contribution in [0.25, 0.3) is 0 Å². The lowest BCUT2D eigenvalue weighted by molar-refractivity contribution is 0.251. The first-order valence-electron chi connectivity index (χ1n) is 8.05. The highest BCUT2D eigenvalue weighted by Crippen LogP contribution is 2.20. The fourth-order valence-electron chi connectivity index (χ4n) is 2.17. The second kappa shape index (κ2) is 8.61. The number of pyridine rings is 2. The molecule has 2 heterocycles. The maximum Gasteiger partial charge on any atom is 0.319 e. The van der Waals surface area contributed by atoms with Crippen LogP contribution in [-0.4, -0.2) is 23.1 Å². The van der Waals surface area contributed by atoms with E-state index in [9.17, 15) is 9.18 Å². The molecule has 0 spiro atoms. The number of anilines is 1. The molecule has 2 N–H and O–H groups in total. The first-order valence-corrected chi connectivity index (χ1v) is 8.05. The van der Waals surface area contributed by atoms with Crippen molar-refractivity contribution in [3.8, 4) is 17.5 Å². The molecule has 0 bridgehead atoms. The summed E-state index contributed by atoms with van der Waals surface area (Å²) < 4.78 is 23.4. The quantitative estimate of drug-likeness (QED) is 0.692. The smallest absolute Gasteiger partial charge is 0.319 e. The lowest BCUT2D eigenvalue weighted by Gasteiger charge is -2.09. The van der Waals surface area contributed by atoms with Gasteiger partial charge in [-0.2, -0.15) is 0 Å². The van der Waals surface area contributed by atoms with Crippen LogP contribution in [0.1, 0.15) is 5.56 Å². The summed E-state index contributed by atoms with van der Waals surface area (Å²) in [7, 11) is 1.53. The van der Waals surface area contributed by atoms with Crippen LogP contribution in [0.5, 0.6) is 17.5 Å². The first-order chi connectivity index (χ1) is 13.1. The molecule has 0 fully saturated rings. The third-order valence-electron chi connectivity index (χ3n) is 3.49. The van der Waals surface area contributed by atoms with E-state index in [-0.39, 0.29) is 11.8 Å². The molecular weight excluding hydrogens is 351 g/mol. The minimum Gasteiger partial charge on any atom is -0.481 e. The lowest BCUT2D eigenvalue weighted by atomic mass is 10.2. The molecule has 7 nitrogen and oxygen atoms in total. The summed E-state index contributed by atoms with van der Waals surface area (Å²) in [6.07, 6.45) is 3.07. The van der Waals surface area contributed by atoms with Crippen LogP contribution in [0, 0.1) is 5.82 Å². The zero-order valence-corrected chi connectivity index (χ0v) is 14.5. The number of amides is 2. The van der Waals surface area contributed by atoms with Gasteiger partial charge in [-0.1, -0.05) is 0 Å². The molecule has 8 heteroatoms. The van der Waals surface area contributed by atoms with Crippen molar-refractivity contribution in [3.63, 3.8) is 0 Å². The molecule has 0 saturated carbocycles. The maximum absolute atomic E-state index is 12.9. The van der Waals surface area contributed by atoms with Crippen molar-refractivity contribution in [1.29, 1.82) is 0 Å². The zero-order chi connectivity index (χ0) is 19.1. The third-order valence-corrected chi connectivity index (χ3v) is 3.49. The van der Waals surface area contributed by atoms with Gasteiger partial charge in [-0.05, 0) is 42.0 Å². The molecule has 3 rings (SSSR count). The summed E-state index contributed by atoms with van der Waals surface area (Å²) >= 11 is 0. The monoisotopic (exact) mass is 368 g/mol. The summed E-state index contributed by atoms with van der Waals surface area (Å²) in [5.41, 5.74) is 1.37. The van der Waals surface area contributed by atoms with E-state index in [0.29, 0.717) is 29.7 Å². The molecule has 1 aromatic carbocycles. The minimum absolute atomic E-state index is 0.323. The van der Waals surface area contributed by atoms with Gasteiger partial charge < -0.3 is 20.1 Å². The molecule has 2 aromatic heterocycles. The Morgan fingerprint density at radius 2 is 1.89 bits per heavy atom. The second-order valence-corrected chi connectivity index (χ2v) is 5.46. The van der Waals surface area contributed by atoms with Gasteiger partial charge in [0.15, 0.2) is 0 Å². The molecule has 2 amide bonds. The van der Waals surface area contributed by atoms with Crippen molar-refractivity contribution >= 4 is 11.7 Å². The maximum atomic E-state index is 12.9. The van der Waals surface area contributed by atoms with E-state index < -0.39 is 0 Å². The second-order valence-electron chi connectivity index (χ2n) is 5.46. The number of ether oxygens (including phenoxy) is 2. The Bertz CT molecular complexity index is 902. The Hall–Kier alpha value is -3.68. The van der Waals surface area contributed by atoms with Crippen LogP contribution in [0.2, 0.25) is 0 Å². The summed E-state index contributed by atoms with van der Waals surface area (Å²) in [5, 5.41) is 5.41. The number of rotatable bonds is 6. The summed E-state index contributed by atoms with van der Waals surface area (Å²) in [4.78, 5) is 20.1. The van der Waals surface area contributed by atoms with Crippen molar-refractivity contribution in [2.75, 3.05) is 12.4 Å². The fraction of sp³-hybridized carbons (Fsp3) is 0.105. The van der Waals surface area contributed by atoms with Crippen molar-refractivity contribution < 1.29 is 18.7 Å². The average Bonchev–Trinajstić information content (AvgIpc) is 2.70. The molecule has 0 aliphatic heterocycles. The number of halogens is 1. The number of hydrogen-bond donors (Lipinski definition) is 2. The van der Waals surface area contributed by atoms with E-state index in [2.05, 4.69) is 20.6 Å². The van der Waals surface area contributed by atoms with Crippen molar-refractivity contribution in [1.82, 2.24) is 15.3 Å². The van der Waals surface area contributed by atoms with Gasteiger partial charge in [-0.15, -0.1) is 0 Å². The molecule has 27 heavy (non-hydrogen) atoms. The van der Waals surface area contributed by atoms with Gasteiger partial charge in [0.2, 0.25) is 11.8 Å². The SMILES string of the molecule is COc1cc(CNC(=O)Nc2ccc(Oc3ccc(F)cc3)nc2)ccn1. The molecule has 0 unspecified atom stereocenters. The number of carbonyl (C=O) groups excluding carboxylic acids is 1. The van der Waals surface area contributed by atoms with Crippen LogP contribution in [0.4, 0.5) is 14.9 Å². The number of carbonyl (C=O) groups is 1. The number of nitrogens with zero attached hydrogens (tertiary/aromatic N) is 2. The number of methoxy groups -OCH3 is 1. The molecule has 0 saturated heterocycles. The van der Waals surface area contributed by atoms with Crippen molar-refractivity contribution in [2.24, 2.45) is 0 Å². The van der Waals surface area contributed by atoms with E-state index in [1.165, 1.54) is 37.6 Å². The summed E-state index contributed by atoms with van der Waals surface area (Å²) in [5.74, 6) is 0.938. The van der Waals surface area contributed by atoms with Gasteiger partial charge in [-0.3, -0.25) is 0 Å². The number of benzene rings is 1. The lowest BCUT2D eigenvalue weighted by Crippen LogP contribution is -2.28. The van der Waals surface area contributed by atoms with E-state index >= 15 is 0 Å². The first kappa shape index (κ1) is 18.1.